The lowest BCUT2D eigenvalue weighted by Gasteiger charge is -2.29. The van der Waals surface area contributed by atoms with Crippen LogP contribution in [0.25, 0.3) is 0 Å². The molecular weight excluding hydrogens is 1100 g/mol. The Morgan fingerprint density at radius 3 is 1.06 bits per heavy atom. The van der Waals surface area contributed by atoms with E-state index in [1.165, 1.54) is 186 Å². The van der Waals surface area contributed by atoms with Gasteiger partial charge in [0.05, 0.1) is 39.9 Å². The van der Waals surface area contributed by atoms with Crippen molar-refractivity contribution < 1.29 is 32.9 Å². The van der Waals surface area contributed by atoms with Crippen LogP contribution in [0.5, 0.6) is 0 Å². The number of hydrogen-bond donors (Lipinski definition) is 2. The van der Waals surface area contributed by atoms with Crippen LogP contribution in [0.15, 0.2) is 134 Å². The van der Waals surface area contributed by atoms with E-state index in [9.17, 15) is 19.4 Å². The fraction of sp³-hybridized carbons (Fsp3) is 0.709. The number of phosphoric ester groups is 1. The summed E-state index contributed by atoms with van der Waals surface area (Å²) in [6, 6.07) is -0.916. The molecule has 0 aliphatic carbocycles. The van der Waals surface area contributed by atoms with Gasteiger partial charge in [-0.15, -0.1) is 0 Å². The topological polar surface area (TPSA) is 108 Å². The number of nitrogens with zero attached hydrogens (tertiary/aromatic N) is 1. The lowest BCUT2D eigenvalue weighted by atomic mass is 10.0. The monoisotopic (exact) mass is 1240 g/mol. The Kier molecular flexibility index (Phi) is 65.4. The van der Waals surface area contributed by atoms with E-state index in [0.29, 0.717) is 17.4 Å². The molecule has 2 N–H and O–H groups in total. The highest BCUT2D eigenvalue weighted by molar-refractivity contribution is 7.45. The summed E-state index contributed by atoms with van der Waals surface area (Å²) in [5.74, 6) is -0.212. The summed E-state index contributed by atoms with van der Waals surface area (Å²) in [6.07, 6.45) is 103. The van der Waals surface area contributed by atoms with Crippen molar-refractivity contribution in [1.29, 1.82) is 0 Å². The normalized spacial score (nSPS) is 14.4. The molecular formula is C79H139N2O6P. The van der Waals surface area contributed by atoms with E-state index >= 15 is 0 Å². The molecule has 0 aromatic rings. The van der Waals surface area contributed by atoms with Crippen molar-refractivity contribution >= 4 is 13.7 Å². The van der Waals surface area contributed by atoms with E-state index < -0.39 is 26.6 Å². The SMILES string of the molecule is CC/C=C\C/C=C\C/C=C\C/C=C\C/C=C\C/C=C\C/C=C\C/C=C\C/C=C\CCCCCCCCCCCCCC(=O)NC(COP(=O)([O-])OCC[N+](C)(C)C)C(O)/C=C/CC/C=C/CCCCCCCCCCCCCCCCCCCCCCC. The van der Waals surface area contributed by atoms with Gasteiger partial charge in [-0.25, -0.2) is 0 Å². The highest BCUT2D eigenvalue weighted by Crippen LogP contribution is 2.38. The van der Waals surface area contributed by atoms with Crippen LogP contribution >= 0.6 is 7.82 Å². The largest absolute Gasteiger partial charge is 0.756 e. The fourth-order valence-electron chi connectivity index (χ4n) is 10.2. The molecule has 1 amide bonds. The first kappa shape index (κ1) is 84.6. The number of carbonyl (C=O) groups excluding carboxylic acids is 1. The number of aliphatic hydroxyl groups excluding tert-OH is 1. The first-order chi connectivity index (χ1) is 43.0. The van der Waals surface area contributed by atoms with E-state index in [1.54, 1.807) is 6.08 Å². The number of amides is 1. The van der Waals surface area contributed by atoms with Crippen molar-refractivity contribution in [2.24, 2.45) is 0 Å². The summed E-state index contributed by atoms with van der Waals surface area (Å²) in [5, 5.41) is 13.9. The fourth-order valence-corrected chi connectivity index (χ4v) is 10.9. The third-order valence-corrected chi connectivity index (χ3v) is 16.8. The van der Waals surface area contributed by atoms with Gasteiger partial charge in [-0.2, -0.15) is 0 Å². The Labute approximate surface area is 545 Å². The lowest BCUT2D eigenvalue weighted by Crippen LogP contribution is -2.45. The van der Waals surface area contributed by atoms with Crippen molar-refractivity contribution in [3.8, 4) is 0 Å². The van der Waals surface area contributed by atoms with Crippen LogP contribution in [0.1, 0.15) is 309 Å². The smallest absolute Gasteiger partial charge is 0.268 e. The predicted octanol–water partition coefficient (Wildman–Crippen LogP) is 23.1. The second-order valence-electron chi connectivity index (χ2n) is 25.6. The molecule has 0 saturated carbocycles. The van der Waals surface area contributed by atoms with E-state index in [4.69, 9.17) is 9.05 Å². The average molecular weight is 1240 g/mol. The second kappa shape index (κ2) is 68.0. The number of phosphoric acid groups is 1. The second-order valence-corrected chi connectivity index (χ2v) is 27.0. The summed E-state index contributed by atoms with van der Waals surface area (Å²) < 4.78 is 23.5. The Bertz CT molecular complexity index is 1900. The van der Waals surface area contributed by atoms with Crippen molar-refractivity contribution in [1.82, 2.24) is 5.32 Å². The maximum atomic E-state index is 13.0. The van der Waals surface area contributed by atoms with Gasteiger partial charge in [0.2, 0.25) is 5.91 Å². The minimum Gasteiger partial charge on any atom is -0.756 e. The summed E-state index contributed by atoms with van der Waals surface area (Å²) in [4.78, 5) is 25.7. The van der Waals surface area contributed by atoms with Crippen LogP contribution in [0.4, 0.5) is 0 Å². The van der Waals surface area contributed by atoms with Crippen molar-refractivity contribution in [3.05, 3.63) is 134 Å². The minimum atomic E-state index is -4.62. The zero-order valence-electron chi connectivity index (χ0n) is 57.9. The van der Waals surface area contributed by atoms with Gasteiger partial charge in [-0.05, 0) is 103 Å². The third-order valence-electron chi connectivity index (χ3n) is 15.8. The summed E-state index contributed by atoms with van der Waals surface area (Å²) in [6.45, 7) is 4.53. The van der Waals surface area contributed by atoms with Gasteiger partial charge in [-0.1, -0.05) is 334 Å². The van der Waals surface area contributed by atoms with Gasteiger partial charge >= 0.3 is 0 Å². The Balaban J connectivity index is 4.13. The molecule has 88 heavy (non-hydrogen) atoms. The number of rotatable bonds is 66. The van der Waals surface area contributed by atoms with Gasteiger partial charge in [0, 0.05) is 6.42 Å². The quantitative estimate of drug-likeness (QED) is 0.0272. The maximum Gasteiger partial charge on any atom is 0.268 e. The molecule has 0 rings (SSSR count). The average Bonchev–Trinajstić information content (AvgIpc) is 3.70. The lowest BCUT2D eigenvalue weighted by molar-refractivity contribution is -0.870. The predicted molar refractivity (Wildman–Crippen MR) is 385 cm³/mol. The third kappa shape index (κ3) is 70.1. The number of carbonyl (C=O) groups is 1. The molecule has 0 aliphatic rings. The minimum absolute atomic E-state index is 0.0122. The first-order valence-electron chi connectivity index (χ1n) is 36.5. The molecule has 0 aromatic heterocycles. The van der Waals surface area contributed by atoms with Crippen LogP contribution in [0.3, 0.4) is 0 Å². The first-order valence-corrected chi connectivity index (χ1v) is 38.0. The van der Waals surface area contributed by atoms with Crippen LogP contribution < -0.4 is 10.2 Å². The van der Waals surface area contributed by atoms with E-state index in [1.807, 2.05) is 27.2 Å². The summed E-state index contributed by atoms with van der Waals surface area (Å²) in [5.41, 5.74) is 0. The van der Waals surface area contributed by atoms with Crippen LogP contribution in [-0.4, -0.2) is 68.5 Å². The van der Waals surface area contributed by atoms with Crippen LogP contribution in [0, 0.1) is 0 Å². The molecule has 0 heterocycles. The molecule has 0 aliphatic heterocycles. The van der Waals surface area contributed by atoms with Gasteiger partial charge in [-0.3, -0.25) is 9.36 Å². The van der Waals surface area contributed by atoms with Crippen molar-refractivity contribution in [3.63, 3.8) is 0 Å². The van der Waals surface area contributed by atoms with Gasteiger partial charge in [0.1, 0.15) is 13.2 Å². The van der Waals surface area contributed by atoms with Gasteiger partial charge in [0.25, 0.3) is 7.82 Å². The molecule has 0 bridgehead atoms. The molecule has 506 valence electrons. The van der Waals surface area contributed by atoms with Crippen molar-refractivity contribution in [2.75, 3.05) is 40.9 Å². The Morgan fingerprint density at radius 2 is 0.705 bits per heavy atom. The Morgan fingerprint density at radius 1 is 0.409 bits per heavy atom. The van der Waals surface area contributed by atoms with Crippen LogP contribution in [-0.2, 0) is 18.4 Å². The zero-order valence-corrected chi connectivity index (χ0v) is 58.8. The van der Waals surface area contributed by atoms with E-state index in [-0.39, 0.29) is 12.5 Å². The molecule has 0 fully saturated rings. The van der Waals surface area contributed by atoms with E-state index in [0.717, 1.165) is 103 Å². The number of quaternary nitrogens is 1. The number of allylic oxidation sites excluding steroid dienone is 21. The summed E-state index contributed by atoms with van der Waals surface area (Å²) in [7, 11) is 1.23. The molecule has 0 saturated heterocycles. The van der Waals surface area contributed by atoms with Crippen molar-refractivity contribution in [2.45, 2.75) is 321 Å². The van der Waals surface area contributed by atoms with E-state index in [2.05, 4.69) is 141 Å². The van der Waals surface area contributed by atoms with Crippen LogP contribution in [0.2, 0.25) is 0 Å². The molecule has 0 radical (unpaired) electrons. The highest BCUT2D eigenvalue weighted by atomic mass is 31.2. The zero-order chi connectivity index (χ0) is 64.1. The number of likely N-dealkylation sites (N-methyl/N-ethyl adjacent to an activating group) is 1. The molecule has 0 aromatic carbocycles. The maximum absolute atomic E-state index is 13.0. The number of aliphatic hydroxyl groups is 1. The standard InChI is InChI=1S/C79H139N2O6P/c1-6-8-10-12-14-16-18-20-22-24-26-28-30-32-34-35-36-37-38-39-40-41-42-43-44-45-47-49-51-53-55-57-59-61-63-65-67-69-71-73-79(83)80-77(76-87-88(84,85)86-75-74-81(3,4)5)78(82)72-70-68-66-64-62-60-58-56-54-52-50-48-46-33-31-29-27-25-23-21-19-17-15-13-11-9-7-2/h8,10,14,16,20,22,26,28,32,34,36-37,39-40,42-43,45,47,62,64,70,72,77-78,82H,6-7,9,11-13,15,17-19,21,23-25,27,29-31,33,35,38,41,44,46,48-61,63,65-69,71,73-76H2,1-5H3,(H-,80,83,84,85)/b10-8-,16-14-,22-20-,28-26-,34-32-,37-36-,40-39-,43-42-,47-45-,64-62+,72-70+. The molecule has 9 heteroatoms. The number of nitrogens with one attached hydrogen (secondary N) is 1. The molecule has 8 nitrogen and oxygen atoms in total. The number of unbranched alkanes of at least 4 members (excludes halogenated alkanes) is 33. The highest BCUT2D eigenvalue weighted by Gasteiger charge is 2.23. The summed E-state index contributed by atoms with van der Waals surface area (Å²) >= 11 is 0. The molecule has 0 spiro atoms. The van der Waals surface area contributed by atoms with Gasteiger partial charge in [0.15, 0.2) is 0 Å². The Hall–Kier alpha value is -3.36. The van der Waals surface area contributed by atoms with Gasteiger partial charge < -0.3 is 28.8 Å². The number of hydrogen-bond acceptors (Lipinski definition) is 6. The molecule has 3 unspecified atom stereocenters. The molecule has 3 atom stereocenters.